The Labute approximate surface area is 176 Å². The van der Waals surface area contributed by atoms with Crippen LogP contribution in [0.5, 0.6) is 0 Å². The first-order valence-electron chi connectivity index (χ1n) is 11.4. The van der Waals surface area contributed by atoms with Gasteiger partial charge in [0.05, 0.1) is 26.4 Å². The topological polar surface area (TPSA) is 91.0 Å². The summed E-state index contributed by atoms with van der Waals surface area (Å²) in [5.74, 6) is -0.159. The van der Waals surface area contributed by atoms with Gasteiger partial charge in [-0.1, -0.05) is 31.9 Å². The number of methoxy groups -OCH3 is 1. The zero-order chi connectivity index (χ0) is 21.1. The molecule has 0 spiro atoms. The molecule has 0 radical (unpaired) electrons. The molecule has 1 saturated carbocycles. The van der Waals surface area contributed by atoms with E-state index >= 15 is 0 Å². The van der Waals surface area contributed by atoms with Crippen LogP contribution in [0.3, 0.4) is 0 Å². The van der Waals surface area contributed by atoms with Crippen molar-refractivity contribution in [1.29, 1.82) is 0 Å². The molecule has 2 fully saturated rings. The molecule has 168 valence electrons. The Morgan fingerprint density at radius 1 is 1.17 bits per heavy atom. The maximum absolute atomic E-state index is 11.2. The van der Waals surface area contributed by atoms with Crippen LogP contribution in [-0.2, 0) is 19.0 Å². The minimum Gasteiger partial charge on any atom is -0.469 e. The van der Waals surface area contributed by atoms with Crippen molar-refractivity contribution in [3.8, 4) is 0 Å². The summed E-state index contributed by atoms with van der Waals surface area (Å²) in [4.78, 5) is 11.2. The minimum atomic E-state index is -0.448. The van der Waals surface area contributed by atoms with Gasteiger partial charge in [0.15, 0.2) is 5.79 Å². The number of ether oxygens (including phenoxy) is 3. The molecule has 0 aromatic heterocycles. The van der Waals surface area contributed by atoms with Crippen molar-refractivity contribution in [2.24, 2.45) is 17.6 Å². The lowest BCUT2D eigenvalue weighted by Crippen LogP contribution is -2.34. The van der Waals surface area contributed by atoms with E-state index in [2.05, 4.69) is 23.8 Å². The Morgan fingerprint density at radius 2 is 1.93 bits per heavy atom. The molecule has 0 aromatic carbocycles. The zero-order valence-electron chi connectivity index (χ0n) is 18.3. The fraction of sp³-hybridized carbons (Fsp3) is 0.870. The second-order valence-electron chi connectivity index (χ2n) is 8.57. The first-order valence-corrected chi connectivity index (χ1v) is 11.4. The van der Waals surface area contributed by atoms with E-state index in [9.17, 15) is 9.90 Å². The summed E-state index contributed by atoms with van der Waals surface area (Å²) in [5.41, 5.74) is 6.39. The molecular formula is C23H41NO5. The van der Waals surface area contributed by atoms with Gasteiger partial charge in [-0.3, -0.25) is 4.79 Å². The first-order chi connectivity index (χ1) is 14.0. The van der Waals surface area contributed by atoms with E-state index in [0.717, 1.165) is 44.9 Å². The third-order valence-corrected chi connectivity index (χ3v) is 6.50. The smallest absolute Gasteiger partial charge is 0.305 e. The van der Waals surface area contributed by atoms with Crippen LogP contribution >= 0.6 is 0 Å². The van der Waals surface area contributed by atoms with Crippen LogP contribution in [0.15, 0.2) is 12.2 Å². The van der Waals surface area contributed by atoms with Gasteiger partial charge in [0, 0.05) is 25.3 Å². The van der Waals surface area contributed by atoms with Crippen molar-refractivity contribution in [2.45, 2.75) is 95.5 Å². The summed E-state index contributed by atoms with van der Waals surface area (Å²) in [6.07, 6.45) is 13.7. The van der Waals surface area contributed by atoms with E-state index in [0.29, 0.717) is 26.1 Å². The Morgan fingerprint density at radius 3 is 2.62 bits per heavy atom. The fourth-order valence-corrected chi connectivity index (χ4v) is 4.77. The van der Waals surface area contributed by atoms with Gasteiger partial charge in [-0.2, -0.15) is 0 Å². The van der Waals surface area contributed by atoms with Crippen LogP contribution in [-0.4, -0.2) is 49.3 Å². The predicted octanol–water partition coefficient (Wildman–Crippen LogP) is 3.70. The number of unbranched alkanes of at least 4 members (excludes halogenated alkanes) is 3. The van der Waals surface area contributed by atoms with Gasteiger partial charge in [0.25, 0.3) is 0 Å². The molecule has 0 aromatic rings. The number of rotatable bonds is 13. The van der Waals surface area contributed by atoms with E-state index in [4.69, 9.17) is 15.2 Å². The Balaban J connectivity index is 1.82. The molecule has 0 bridgehead atoms. The first kappa shape index (κ1) is 24.3. The SMILES string of the molecule is CCCCCC1(CC[C@H]2C(N)C[C@H](O)[C@@H]2C/C=C\CCCC(=O)OC)OCCO1. The van der Waals surface area contributed by atoms with E-state index in [1.807, 2.05) is 0 Å². The summed E-state index contributed by atoms with van der Waals surface area (Å²) in [5, 5.41) is 10.5. The van der Waals surface area contributed by atoms with Crippen LogP contribution in [0, 0.1) is 11.8 Å². The number of carbonyl (C=O) groups excluding carboxylic acids is 1. The maximum atomic E-state index is 11.2. The standard InChI is InChI=1S/C23H41NO5/c1-3-4-9-13-23(28-15-16-29-23)14-12-18-19(21(25)17-20(18)24)10-7-5-6-8-11-22(26)27-2/h5,7,18-21,25H,3-4,6,8-17,24H2,1-2H3/b7-5-/t18-,19-,20?,21+/m1/s1. The zero-order valence-corrected chi connectivity index (χ0v) is 18.3. The highest BCUT2D eigenvalue weighted by Gasteiger charge is 2.43. The average Bonchev–Trinajstić information content (AvgIpc) is 3.27. The van der Waals surface area contributed by atoms with E-state index in [-0.39, 0.29) is 30.0 Å². The Bertz CT molecular complexity index is 503. The molecule has 4 atom stereocenters. The number of aliphatic hydroxyl groups is 1. The number of hydrogen-bond acceptors (Lipinski definition) is 6. The lowest BCUT2D eigenvalue weighted by atomic mass is 9.84. The lowest BCUT2D eigenvalue weighted by Gasteiger charge is -2.31. The number of carbonyl (C=O) groups is 1. The molecule has 1 heterocycles. The highest BCUT2D eigenvalue weighted by molar-refractivity contribution is 5.69. The number of allylic oxidation sites excluding steroid dienone is 2. The van der Waals surface area contributed by atoms with Crippen LogP contribution in [0.2, 0.25) is 0 Å². The van der Waals surface area contributed by atoms with E-state index in [1.165, 1.54) is 20.0 Å². The quantitative estimate of drug-likeness (QED) is 0.273. The van der Waals surface area contributed by atoms with Gasteiger partial charge in [-0.15, -0.1) is 0 Å². The van der Waals surface area contributed by atoms with Crippen LogP contribution < -0.4 is 5.73 Å². The monoisotopic (exact) mass is 411 g/mol. The largest absolute Gasteiger partial charge is 0.469 e. The summed E-state index contributed by atoms with van der Waals surface area (Å²) in [6.45, 7) is 3.54. The second kappa shape index (κ2) is 12.7. The summed E-state index contributed by atoms with van der Waals surface area (Å²) < 4.78 is 16.7. The third kappa shape index (κ3) is 7.67. The molecule has 6 nitrogen and oxygen atoms in total. The minimum absolute atomic E-state index is 0.0248. The molecule has 2 aliphatic rings. The average molecular weight is 412 g/mol. The molecule has 3 N–H and O–H groups in total. The van der Waals surface area contributed by atoms with Crippen molar-refractivity contribution in [1.82, 2.24) is 0 Å². The molecule has 29 heavy (non-hydrogen) atoms. The van der Waals surface area contributed by atoms with Gasteiger partial charge in [-0.25, -0.2) is 0 Å². The van der Waals surface area contributed by atoms with Crippen molar-refractivity contribution in [3.63, 3.8) is 0 Å². The number of aliphatic hydroxyl groups excluding tert-OH is 1. The Hall–Kier alpha value is -0.950. The fourth-order valence-electron chi connectivity index (χ4n) is 4.77. The maximum Gasteiger partial charge on any atom is 0.305 e. The Kier molecular flexibility index (Phi) is 10.6. The highest BCUT2D eigenvalue weighted by Crippen LogP contribution is 2.40. The van der Waals surface area contributed by atoms with Crippen molar-refractivity contribution in [2.75, 3.05) is 20.3 Å². The lowest BCUT2D eigenvalue weighted by molar-refractivity contribution is -0.170. The summed E-state index contributed by atoms with van der Waals surface area (Å²) >= 11 is 0. The molecule has 6 heteroatoms. The van der Waals surface area contributed by atoms with Crippen molar-refractivity contribution >= 4 is 5.97 Å². The van der Waals surface area contributed by atoms with Crippen LogP contribution in [0.1, 0.15) is 77.6 Å². The second-order valence-corrected chi connectivity index (χ2v) is 8.57. The normalized spacial score (nSPS) is 29.0. The van der Waals surface area contributed by atoms with Crippen LogP contribution in [0.25, 0.3) is 0 Å². The molecule has 0 amide bonds. The van der Waals surface area contributed by atoms with Gasteiger partial charge in [0.2, 0.25) is 0 Å². The third-order valence-electron chi connectivity index (χ3n) is 6.50. The number of hydrogen-bond donors (Lipinski definition) is 2. The van der Waals surface area contributed by atoms with E-state index in [1.54, 1.807) is 0 Å². The van der Waals surface area contributed by atoms with Gasteiger partial charge in [0.1, 0.15) is 0 Å². The molecule has 1 unspecified atom stereocenters. The molecule has 2 rings (SSSR count). The van der Waals surface area contributed by atoms with Gasteiger partial charge >= 0.3 is 5.97 Å². The van der Waals surface area contributed by atoms with Crippen molar-refractivity contribution in [3.05, 3.63) is 12.2 Å². The van der Waals surface area contributed by atoms with Gasteiger partial charge < -0.3 is 25.1 Å². The van der Waals surface area contributed by atoms with Crippen LogP contribution in [0.4, 0.5) is 0 Å². The summed E-state index contributed by atoms with van der Waals surface area (Å²) in [7, 11) is 1.42. The molecule has 1 saturated heterocycles. The van der Waals surface area contributed by atoms with E-state index < -0.39 is 5.79 Å². The van der Waals surface area contributed by atoms with Crippen molar-refractivity contribution < 1.29 is 24.1 Å². The summed E-state index contributed by atoms with van der Waals surface area (Å²) in [6, 6.07) is 0.0248. The molecule has 1 aliphatic carbocycles. The number of nitrogens with two attached hydrogens (primary N) is 1. The molecule has 1 aliphatic heterocycles. The molecular weight excluding hydrogens is 370 g/mol. The highest BCUT2D eigenvalue weighted by atomic mass is 16.7. The predicted molar refractivity (Wildman–Crippen MR) is 113 cm³/mol. The van der Waals surface area contributed by atoms with Gasteiger partial charge in [-0.05, 0) is 50.4 Å². The number of esters is 1.